The lowest BCUT2D eigenvalue weighted by atomic mass is 10.0. The number of rotatable bonds is 7. The fourth-order valence-electron chi connectivity index (χ4n) is 3.85. The minimum absolute atomic E-state index is 0.0955. The highest BCUT2D eigenvalue weighted by Crippen LogP contribution is 2.27. The van der Waals surface area contributed by atoms with E-state index in [2.05, 4.69) is 5.16 Å². The zero-order chi connectivity index (χ0) is 24.2. The number of para-hydroxylation sites is 1. The summed E-state index contributed by atoms with van der Waals surface area (Å²) in [6.45, 7) is 1.96. The van der Waals surface area contributed by atoms with Crippen molar-refractivity contribution in [2.45, 2.75) is 25.7 Å². The van der Waals surface area contributed by atoms with Crippen LogP contribution in [0.5, 0.6) is 0 Å². The van der Waals surface area contributed by atoms with Crippen LogP contribution in [0.1, 0.15) is 42.4 Å². The van der Waals surface area contributed by atoms with E-state index in [9.17, 15) is 19.8 Å². The SMILES string of the molecule is COC(=O)CC(C)n1cc(/C=C/C=C2\C(=O)ON=C2c2ccc(C(O)O)cc2)c2ccccc21. The summed E-state index contributed by atoms with van der Waals surface area (Å²) >= 11 is 0. The molecule has 1 aliphatic rings. The summed E-state index contributed by atoms with van der Waals surface area (Å²) in [6.07, 6.45) is 5.90. The van der Waals surface area contributed by atoms with Gasteiger partial charge in [-0.2, -0.15) is 0 Å². The summed E-state index contributed by atoms with van der Waals surface area (Å²) < 4.78 is 6.84. The van der Waals surface area contributed by atoms with Crippen molar-refractivity contribution >= 4 is 34.6 Å². The number of nitrogens with zero attached hydrogens (tertiary/aromatic N) is 2. The second-order valence-electron chi connectivity index (χ2n) is 7.89. The lowest BCUT2D eigenvalue weighted by Crippen LogP contribution is -2.11. The van der Waals surface area contributed by atoms with Crippen LogP contribution < -0.4 is 0 Å². The number of hydrogen-bond acceptors (Lipinski definition) is 7. The van der Waals surface area contributed by atoms with E-state index >= 15 is 0 Å². The molecular formula is C26H24N2O6. The average molecular weight is 460 g/mol. The standard InChI is InChI=1S/C26H24N2O6/c1-16(14-23(29)33-2)28-15-19(20-7-3-4-9-22(20)28)6-5-8-21-24(27-34-26(21)32)17-10-12-18(13-11-17)25(30)31/h3-13,15-16,25,30-31H,14H2,1-2H3/b6-5+,21-8-. The number of oxime groups is 1. The maximum atomic E-state index is 12.2. The van der Waals surface area contributed by atoms with Gasteiger partial charge in [-0.15, -0.1) is 0 Å². The topological polar surface area (TPSA) is 110 Å². The second-order valence-corrected chi connectivity index (χ2v) is 7.89. The fourth-order valence-corrected chi connectivity index (χ4v) is 3.85. The Morgan fingerprint density at radius 2 is 1.91 bits per heavy atom. The summed E-state index contributed by atoms with van der Waals surface area (Å²) in [7, 11) is 1.38. The van der Waals surface area contributed by atoms with Gasteiger partial charge >= 0.3 is 11.9 Å². The van der Waals surface area contributed by atoms with Gasteiger partial charge in [0.25, 0.3) is 0 Å². The van der Waals surface area contributed by atoms with E-state index in [0.717, 1.165) is 16.5 Å². The maximum Gasteiger partial charge on any atom is 0.368 e. The monoisotopic (exact) mass is 460 g/mol. The highest BCUT2D eigenvalue weighted by Gasteiger charge is 2.26. The minimum Gasteiger partial charge on any atom is -0.469 e. The predicted molar refractivity (Wildman–Crippen MR) is 127 cm³/mol. The van der Waals surface area contributed by atoms with Crippen LogP contribution in [0.2, 0.25) is 0 Å². The van der Waals surface area contributed by atoms with Gasteiger partial charge in [-0.3, -0.25) is 4.79 Å². The molecule has 0 radical (unpaired) electrons. The van der Waals surface area contributed by atoms with Crippen molar-refractivity contribution in [3.63, 3.8) is 0 Å². The Bertz CT molecular complexity index is 1310. The summed E-state index contributed by atoms with van der Waals surface area (Å²) in [4.78, 5) is 28.9. The molecule has 1 aromatic heterocycles. The average Bonchev–Trinajstić information content (AvgIpc) is 3.40. The molecule has 1 aliphatic heterocycles. The van der Waals surface area contributed by atoms with Crippen LogP contribution in [0.3, 0.4) is 0 Å². The number of fused-ring (bicyclic) bond motifs is 1. The Hall–Kier alpha value is -4.01. The quantitative estimate of drug-likeness (QED) is 0.241. The van der Waals surface area contributed by atoms with Gasteiger partial charge in [-0.05, 0) is 24.6 Å². The van der Waals surface area contributed by atoms with Crippen molar-refractivity contribution < 1.29 is 29.4 Å². The van der Waals surface area contributed by atoms with Crippen LogP contribution in [0.25, 0.3) is 17.0 Å². The highest BCUT2D eigenvalue weighted by atomic mass is 16.7. The number of methoxy groups -OCH3 is 1. The van der Waals surface area contributed by atoms with Gasteiger partial charge in [0.05, 0.1) is 19.1 Å². The maximum absolute atomic E-state index is 12.2. The molecule has 34 heavy (non-hydrogen) atoms. The molecule has 0 spiro atoms. The van der Waals surface area contributed by atoms with Crippen LogP contribution in [0.4, 0.5) is 0 Å². The van der Waals surface area contributed by atoms with E-state index in [1.54, 1.807) is 36.4 Å². The van der Waals surface area contributed by atoms with Gasteiger partial charge in [0.1, 0.15) is 5.71 Å². The molecule has 2 N–H and O–H groups in total. The number of carbonyl (C=O) groups excluding carboxylic acids is 2. The molecule has 2 heterocycles. The number of aromatic nitrogens is 1. The van der Waals surface area contributed by atoms with Crippen molar-refractivity contribution in [3.8, 4) is 0 Å². The van der Waals surface area contributed by atoms with Crippen molar-refractivity contribution in [3.05, 3.63) is 89.1 Å². The van der Waals surface area contributed by atoms with Crippen molar-refractivity contribution in [1.29, 1.82) is 0 Å². The van der Waals surface area contributed by atoms with E-state index in [1.807, 2.05) is 48.0 Å². The normalized spacial score (nSPS) is 15.9. The Kier molecular flexibility index (Phi) is 6.72. The molecule has 0 aliphatic carbocycles. The third-order valence-corrected chi connectivity index (χ3v) is 5.65. The highest BCUT2D eigenvalue weighted by molar-refractivity contribution is 6.29. The zero-order valence-corrected chi connectivity index (χ0v) is 18.7. The van der Waals surface area contributed by atoms with Gasteiger partial charge in [0.2, 0.25) is 0 Å². The number of ether oxygens (including phenoxy) is 1. The minimum atomic E-state index is -1.58. The lowest BCUT2D eigenvalue weighted by molar-refractivity contribution is -0.141. The Balaban J connectivity index is 1.62. The Morgan fingerprint density at radius 1 is 1.18 bits per heavy atom. The summed E-state index contributed by atoms with van der Waals surface area (Å²) in [5.74, 6) is -0.847. The van der Waals surface area contributed by atoms with Gasteiger partial charge in [-0.25, -0.2) is 4.79 Å². The molecule has 4 rings (SSSR count). The van der Waals surface area contributed by atoms with E-state index < -0.39 is 12.3 Å². The smallest absolute Gasteiger partial charge is 0.368 e. The molecule has 1 unspecified atom stereocenters. The van der Waals surface area contributed by atoms with Crippen molar-refractivity contribution in [2.24, 2.45) is 5.16 Å². The number of aliphatic hydroxyl groups is 2. The van der Waals surface area contributed by atoms with Crippen LogP contribution in [0, 0.1) is 0 Å². The molecule has 0 fully saturated rings. The van der Waals surface area contributed by atoms with Gasteiger partial charge in [0, 0.05) is 34.3 Å². The molecule has 0 bridgehead atoms. The molecule has 1 atom stereocenters. The molecule has 3 aromatic rings. The van der Waals surface area contributed by atoms with Crippen LogP contribution in [-0.4, -0.2) is 39.5 Å². The molecule has 174 valence electrons. The molecule has 8 nitrogen and oxygen atoms in total. The summed E-state index contributed by atoms with van der Waals surface area (Å²) in [5, 5.41) is 23.4. The first kappa shape index (κ1) is 23.2. The van der Waals surface area contributed by atoms with E-state index in [0.29, 0.717) is 16.8 Å². The molecule has 0 amide bonds. The molecule has 0 saturated carbocycles. The number of aliphatic hydroxyl groups excluding tert-OH is 1. The lowest BCUT2D eigenvalue weighted by Gasteiger charge is -2.13. The summed E-state index contributed by atoms with van der Waals surface area (Å²) in [5.41, 5.74) is 3.51. The van der Waals surface area contributed by atoms with Crippen LogP contribution >= 0.6 is 0 Å². The first-order valence-electron chi connectivity index (χ1n) is 10.7. The van der Waals surface area contributed by atoms with E-state index in [4.69, 9.17) is 9.57 Å². The van der Waals surface area contributed by atoms with Crippen molar-refractivity contribution in [2.75, 3.05) is 7.11 Å². The second kappa shape index (κ2) is 9.86. The van der Waals surface area contributed by atoms with Gasteiger partial charge < -0.3 is 24.4 Å². The van der Waals surface area contributed by atoms with Crippen molar-refractivity contribution in [1.82, 2.24) is 4.57 Å². The van der Waals surface area contributed by atoms with Gasteiger partial charge in [-0.1, -0.05) is 59.8 Å². The van der Waals surface area contributed by atoms with E-state index in [1.165, 1.54) is 7.11 Å². The first-order chi connectivity index (χ1) is 16.4. The third-order valence-electron chi connectivity index (χ3n) is 5.65. The molecule has 2 aromatic carbocycles. The largest absolute Gasteiger partial charge is 0.469 e. The first-order valence-corrected chi connectivity index (χ1v) is 10.7. The number of esters is 1. The number of hydrogen-bond donors (Lipinski definition) is 2. The van der Waals surface area contributed by atoms with E-state index in [-0.39, 0.29) is 24.0 Å². The van der Waals surface area contributed by atoms with Gasteiger partial charge in [0.15, 0.2) is 6.29 Å². The van der Waals surface area contributed by atoms with Crippen LogP contribution in [-0.2, 0) is 19.2 Å². The zero-order valence-electron chi connectivity index (χ0n) is 18.7. The molecule has 0 saturated heterocycles. The number of carbonyl (C=O) groups is 2. The number of benzene rings is 2. The fraction of sp³-hybridized carbons (Fsp3) is 0.192. The number of allylic oxidation sites excluding steroid dienone is 2. The Morgan fingerprint density at radius 3 is 2.62 bits per heavy atom. The summed E-state index contributed by atoms with van der Waals surface area (Å²) in [6, 6.07) is 14.2. The molecule has 8 heteroatoms. The molecular weight excluding hydrogens is 436 g/mol. The van der Waals surface area contributed by atoms with Crippen LogP contribution in [0.15, 0.2) is 77.6 Å². The predicted octanol–water partition coefficient (Wildman–Crippen LogP) is 3.65. The third kappa shape index (κ3) is 4.68. The Labute approximate surface area is 196 Å².